The molecule has 4 nitrogen and oxygen atoms in total. The number of hydrogen-bond acceptors (Lipinski definition) is 4. The van der Waals surface area contributed by atoms with Crippen molar-refractivity contribution < 1.29 is 0 Å². The molecule has 2 aromatic rings. The lowest BCUT2D eigenvalue weighted by Gasteiger charge is -2.34. The van der Waals surface area contributed by atoms with Crippen molar-refractivity contribution in [1.82, 2.24) is 15.3 Å². The lowest BCUT2D eigenvalue weighted by Crippen LogP contribution is -2.52. The summed E-state index contributed by atoms with van der Waals surface area (Å²) in [6, 6.07) is 13.3. The predicted octanol–water partition coefficient (Wildman–Crippen LogP) is 2.06. The molecule has 1 fully saturated rings. The van der Waals surface area contributed by atoms with E-state index in [1.165, 1.54) is 5.56 Å². The van der Waals surface area contributed by atoms with E-state index in [0.717, 1.165) is 44.0 Å². The molecule has 1 aromatic carbocycles. The highest BCUT2D eigenvalue weighted by molar-refractivity contribution is 5.40. The Kier molecular flexibility index (Phi) is 4.46. The van der Waals surface area contributed by atoms with Crippen LogP contribution >= 0.6 is 0 Å². The first kappa shape index (κ1) is 14.0. The van der Waals surface area contributed by atoms with E-state index in [-0.39, 0.29) is 0 Å². The smallest absolute Gasteiger partial charge is 0.132 e. The van der Waals surface area contributed by atoms with Crippen molar-refractivity contribution in [2.24, 2.45) is 0 Å². The maximum absolute atomic E-state index is 4.44. The second-order valence-electron chi connectivity index (χ2n) is 5.51. The Morgan fingerprint density at radius 1 is 1.24 bits per heavy atom. The summed E-state index contributed by atoms with van der Waals surface area (Å²) in [6.07, 6.45) is 3.69. The molecule has 1 aliphatic heterocycles. The molecule has 0 amide bonds. The number of anilines is 1. The van der Waals surface area contributed by atoms with Crippen molar-refractivity contribution in [3.63, 3.8) is 0 Å². The second kappa shape index (κ2) is 6.68. The number of piperazine rings is 1. The summed E-state index contributed by atoms with van der Waals surface area (Å²) in [4.78, 5) is 11.1. The summed E-state index contributed by atoms with van der Waals surface area (Å²) in [7, 11) is 0. The Morgan fingerprint density at radius 2 is 2.10 bits per heavy atom. The Morgan fingerprint density at radius 3 is 2.90 bits per heavy atom. The van der Waals surface area contributed by atoms with Gasteiger partial charge in [0.25, 0.3) is 0 Å². The molecule has 1 N–H and O–H groups in total. The Bertz CT molecular complexity index is 570. The van der Waals surface area contributed by atoms with E-state index in [9.17, 15) is 0 Å². The molecule has 2 heterocycles. The molecule has 1 unspecified atom stereocenters. The second-order valence-corrected chi connectivity index (χ2v) is 5.51. The molecule has 1 aliphatic rings. The highest BCUT2D eigenvalue weighted by atomic mass is 15.2. The molecule has 1 aromatic heterocycles. The van der Waals surface area contributed by atoms with Crippen LogP contribution in [-0.2, 0) is 12.8 Å². The largest absolute Gasteiger partial charge is 0.354 e. The molecule has 1 atom stereocenters. The summed E-state index contributed by atoms with van der Waals surface area (Å²) < 4.78 is 0. The van der Waals surface area contributed by atoms with Crippen LogP contribution in [0, 0.1) is 0 Å². The molecule has 1 saturated heterocycles. The molecule has 0 bridgehead atoms. The van der Waals surface area contributed by atoms with Crippen molar-refractivity contribution >= 4 is 5.82 Å². The minimum atomic E-state index is 0.473. The zero-order valence-electron chi connectivity index (χ0n) is 12.5. The van der Waals surface area contributed by atoms with E-state index in [1.54, 1.807) is 6.33 Å². The molecule has 3 rings (SSSR count). The van der Waals surface area contributed by atoms with Gasteiger partial charge in [0.15, 0.2) is 0 Å². The van der Waals surface area contributed by atoms with Gasteiger partial charge in [-0.1, -0.05) is 37.3 Å². The molecule has 4 heteroatoms. The Hall–Kier alpha value is -1.94. The van der Waals surface area contributed by atoms with Crippen LogP contribution in [0.4, 0.5) is 5.82 Å². The number of aryl methyl sites for hydroxylation is 1. The Labute approximate surface area is 126 Å². The maximum atomic E-state index is 4.44. The van der Waals surface area contributed by atoms with Gasteiger partial charge < -0.3 is 10.2 Å². The molecule has 110 valence electrons. The average molecular weight is 282 g/mol. The molecular formula is C17H22N4. The maximum Gasteiger partial charge on any atom is 0.132 e. The number of benzene rings is 1. The zero-order valence-corrected chi connectivity index (χ0v) is 12.5. The summed E-state index contributed by atoms with van der Waals surface area (Å²) in [5.74, 6) is 1.06. The number of rotatable bonds is 4. The third kappa shape index (κ3) is 3.58. The van der Waals surface area contributed by atoms with E-state index in [2.05, 4.69) is 63.5 Å². The van der Waals surface area contributed by atoms with Gasteiger partial charge in [0.2, 0.25) is 0 Å². The van der Waals surface area contributed by atoms with E-state index < -0.39 is 0 Å². The van der Waals surface area contributed by atoms with Gasteiger partial charge >= 0.3 is 0 Å². The van der Waals surface area contributed by atoms with Gasteiger partial charge in [0.1, 0.15) is 12.1 Å². The minimum Gasteiger partial charge on any atom is -0.354 e. The standard InChI is InChI=1S/C17H22N4/c1-2-15-11-17(20-13-19-15)21-9-8-18-16(12-21)10-14-6-4-3-5-7-14/h3-7,11,13,16,18H,2,8-10,12H2,1H3. The van der Waals surface area contributed by atoms with Crippen LogP contribution in [0.1, 0.15) is 18.2 Å². The van der Waals surface area contributed by atoms with Crippen LogP contribution in [0.5, 0.6) is 0 Å². The molecule has 0 spiro atoms. The number of hydrogen-bond donors (Lipinski definition) is 1. The highest BCUT2D eigenvalue weighted by Gasteiger charge is 2.20. The third-order valence-electron chi connectivity index (χ3n) is 3.98. The van der Waals surface area contributed by atoms with Gasteiger partial charge in [-0.2, -0.15) is 0 Å². The molecule has 0 saturated carbocycles. The SMILES string of the molecule is CCc1cc(N2CCNC(Cc3ccccc3)C2)ncn1. The van der Waals surface area contributed by atoms with Crippen LogP contribution in [0.15, 0.2) is 42.7 Å². The topological polar surface area (TPSA) is 41.0 Å². The summed E-state index contributed by atoms with van der Waals surface area (Å²) in [6.45, 7) is 5.13. The third-order valence-corrected chi connectivity index (χ3v) is 3.98. The fraction of sp³-hybridized carbons (Fsp3) is 0.412. The van der Waals surface area contributed by atoms with E-state index in [0.29, 0.717) is 6.04 Å². The van der Waals surface area contributed by atoms with Crippen molar-refractivity contribution in [2.45, 2.75) is 25.8 Å². The number of nitrogens with one attached hydrogen (secondary N) is 1. The van der Waals surface area contributed by atoms with Crippen LogP contribution in [0.2, 0.25) is 0 Å². The predicted molar refractivity (Wildman–Crippen MR) is 85.6 cm³/mol. The van der Waals surface area contributed by atoms with Crippen LogP contribution in [-0.4, -0.2) is 35.6 Å². The first-order chi connectivity index (χ1) is 10.3. The van der Waals surface area contributed by atoms with Crippen molar-refractivity contribution in [1.29, 1.82) is 0 Å². The molecule has 0 radical (unpaired) electrons. The first-order valence-electron chi connectivity index (χ1n) is 7.68. The van der Waals surface area contributed by atoms with Gasteiger partial charge in [0, 0.05) is 37.4 Å². The van der Waals surface area contributed by atoms with E-state index in [1.807, 2.05) is 0 Å². The van der Waals surface area contributed by atoms with Gasteiger partial charge in [0.05, 0.1) is 0 Å². The van der Waals surface area contributed by atoms with Crippen molar-refractivity contribution in [3.8, 4) is 0 Å². The average Bonchev–Trinajstić information content (AvgIpc) is 2.56. The minimum absolute atomic E-state index is 0.473. The van der Waals surface area contributed by atoms with Gasteiger partial charge in [-0.05, 0) is 18.4 Å². The Balaban J connectivity index is 1.67. The van der Waals surface area contributed by atoms with Crippen molar-refractivity contribution in [3.05, 3.63) is 54.0 Å². The monoisotopic (exact) mass is 282 g/mol. The van der Waals surface area contributed by atoms with Gasteiger partial charge in [-0.3, -0.25) is 0 Å². The lowest BCUT2D eigenvalue weighted by atomic mass is 10.0. The van der Waals surface area contributed by atoms with Crippen molar-refractivity contribution in [2.75, 3.05) is 24.5 Å². The van der Waals surface area contributed by atoms with Crippen LogP contribution in [0.25, 0.3) is 0 Å². The molecule has 21 heavy (non-hydrogen) atoms. The van der Waals surface area contributed by atoms with E-state index in [4.69, 9.17) is 0 Å². The number of nitrogens with zero attached hydrogens (tertiary/aromatic N) is 3. The lowest BCUT2D eigenvalue weighted by molar-refractivity contribution is 0.452. The zero-order chi connectivity index (χ0) is 14.5. The summed E-state index contributed by atoms with van der Waals surface area (Å²) >= 11 is 0. The molecule has 0 aliphatic carbocycles. The normalized spacial score (nSPS) is 18.7. The van der Waals surface area contributed by atoms with Gasteiger partial charge in [-0.25, -0.2) is 9.97 Å². The summed E-state index contributed by atoms with van der Waals surface area (Å²) in [5, 5.41) is 3.61. The highest BCUT2D eigenvalue weighted by Crippen LogP contribution is 2.15. The van der Waals surface area contributed by atoms with Gasteiger partial charge in [-0.15, -0.1) is 0 Å². The first-order valence-corrected chi connectivity index (χ1v) is 7.68. The fourth-order valence-corrected chi connectivity index (χ4v) is 2.82. The summed E-state index contributed by atoms with van der Waals surface area (Å²) in [5.41, 5.74) is 2.49. The van der Waals surface area contributed by atoms with Crippen LogP contribution in [0.3, 0.4) is 0 Å². The van der Waals surface area contributed by atoms with Crippen LogP contribution < -0.4 is 10.2 Å². The molecular weight excluding hydrogens is 260 g/mol. The number of aromatic nitrogens is 2. The van der Waals surface area contributed by atoms with E-state index >= 15 is 0 Å². The fourth-order valence-electron chi connectivity index (χ4n) is 2.82. The quantitative estimate of drug-likeness (QED) is 0.932.